The van der Waals surface area contributed by atoms with Gasteiger partial charge in [0.1, 0.15) is 5.69 Å². The van der Waals surface area contributed by atoms with Gasteiger partial charge in [-0.3, -0.25) is 0 Å². The van der Waals surface area contributed by atoms with E-state index in [1.165, 1.54) is 0 Å². The van der Waals surface area contributed by atoms with E-state index in [1.54, 1.807) is 6.07 Å². The molecule has 0 aliphatic carbocycles. The molecule has 1 N–H and O–H groups in total. The molecule has 0 saturated heterocycles. The molecule has 20 heavy (non-hydrogen) atoms. The highest BCUT2D eigenvalue weighted by atomic mass is 19.1. The van der Waals surface area contributed by atoms with Crippen LogP contribution in [-0.2, 0) is 0 Å². The van der Waals surface area contributed by atoms with E-state index in [0.29, 0.717) is 6.54 Å². The van der Waals surface area contributed by atoms with Gasteiger partial charge in [0.2, 0.25) is 0 Å². The summed E-state index contributed by atoms with van der Waals surface area (Å²) in [5.74, 6) is -1.38. The molecule has 0 amide bonds. The van der Waals surface area contributed by atoms with Crippen LogP contribution in [0.4, 0.5) is 14.5 Å². The predicted molar refractivity (Wildman–Crippen MR) is 74.4 cm³/mol. The molecule has 0 radical (unpaired) electrons. The third kappa shape index (κ3) is 3.12. The molecule has 1 atom stereocenters. The summed E-state index contributed by atoms with van der Waals surface area (Å²) in [6, 6.07) is 13.5. The quantitative estimate of drug-likeness (QED) is 0.911. The number of nitrogens with zero attached hydrogens (tertiary/aromatic N) is 1. The molecule has 0 aliphatic rings. The van der Waals surface area contributed by atoms with Crippen LogP contribution in [0.1, 0.15) is 24.0 Å². The highest BCUT2D eigenvalue weighted by Crippen LogP contribution is 2.22. The second-order valence-corrected chi connectivity index (χ2v) is 4.62. The van der Waals surface area contributed by atoms with Crippen molar-refractivity contribution in [2.75, 3.05) is 11.9 Å². The summed E-state index contributed by atoms with van der Waals surface area (Å²) in [4.78, 5) is 0. The Labute approximate surface area is 116 Å². The Hall–Kier alpha value is -2.41. The van der Waals surface area contributed by atoms with E-state index in [-0.39, 0.29) is 17.2 Å². The zero-order chi connectivity index (χ0) is 14.5. The fourth-order valence-electron chi connectivity index (χ4n) is 1.96. The molecule has 0 aromatic heterocycles. The van der Waals surface area contributed by atoms with Crippen LogP contribution in [0.3, 0.4) is 0 Å². The van der Waals surface area contributed by atoms with E-state index in [4.69, 9.17) is 5.26 Å². The third-order valence-corrected chi connectivity index (χ3v) is 3.12. The molecule has 0 saturated carbocycles. The van der Waals surface area contributed by atoms with Gasteiger partial charge in [0.05, 0.1) is 11.6 Å². The Kier molecular flexibility index (Phi) is 4.31. The van der Waals surface area contributed by atoms with E-state index >= 15 is 0 Å². The number of nitrogens with one attached hydrogen (secondary N) is 1. The summed E-state index contributed by atoms with van der Waals surface area (Å²) >= 11 is 0. The molecule has 2 aromatic rings. The summed E-state index contributed by atoms with van der Waals surface area (Å²) in [5, 5.41) is 11.4. The van der Waals surface area contributed by atoms with Gasteiger partial charge in [0.15, 0.2) is 11.6 Å². The highest BCUT2D eigenvalue weighted by molar-refractivity contribution is 5.50. The van der Waals surface area contributed by atoms with Gasteiger partial charge in [-0.05, 0) is 23.6 Å². The highest BCUT2D eigenvalue weighted by Gasteiger charge is 2.12. The predicted octanol–water partition coefficient (Wildman–Crippen LogP) is 4.05. The van der Waals surface area contributed by atoms with Gasteiger partial charge in [-0.15, -0.1) is 0 Å². The number of nitriles is 1. The number of hydrogen-bond donors (Lipinski definition) is 1. The molecular weight excluding hydrogens is 258 g/mol. The Morgan fingerprint density at radius 3 is 2.30 bits per heavy atom. The lowest BCUT2D eigenvalue weighted by molar-refractivity contribution is 0.585. The summed E-state index contributed by atoms with van der Waals surface area (Å²) in [7, 11) is 0. The summed E-state index contributed by atoms with van der Waals surface area (Å²) in [6.07, 6.45) is 0. The maximum absolute atomic E-state index is 13.7. The average molecular weight is 272 g/mol. The minimum atomic E-state index is -0.748. The van der Waals surface area contributed by atoms with Crippen LogP contribution in [0.15, 0.2) is 42.5 Å². The molecule has 2 rings (SSSR count). The molecule has 1 unspecified atom stereocenters. The van der Waals surface area contributed by atoms with Crippen molar-refractivity contribution in [3.05, 3.63) is 65.2 Å². The molecule has 0 bridgehead atoms. The topological polar surface area (TPSA) is 35.8 Å². The minimum Gasteiger partial charge on any atom is -0.380 e. The zero-order valence-corrected chi connectivity index (χ0v) is 11.0. The first-order chi connectivity index (χ1) is 9.61. The van der Waals surface area contributed by atoms with Crippen molar-refractivity contribution in [3.8, 4) is 6.07 Å². The second kappa shape index (κ2) is 6.16. The van der Waals surface area contributed by atoms with E-state index < -0.39 is 11.6 Å². The SMILES string of the molecule is CC(CNc1c(F)cc(C#N)cc1F)c1ccccc1. The van der Waals surface area contributed by atoms with E-state index in [1.807, 2.05) is 37.3 Å². The smallest absolute Gasteiger partial charge is 0.150 e. The summed E-state index contributed by atoms with van der Waals surface area (Å²) < 4.78 is 27.4. The van der Waals surface area contributed by atoms with Gasteiger partial charge < -0.3 is 5.32 Å². The zero-order valence-electron chi connectivity index (χ0n) is 11.0. The van der Waals surface area contributed by atoms with Crippen molar-refractivity contribution < 1.29 is 8.78 Å². The third-order valence-electron chi connectivity index (χ3n) is 3.12. The molecule has 0 aliphatic heterocycles. The number of rotatable bonds is 4. The fourth-order valence-corrected chi connectivity index (χ4v) is 1.96. The summed E-state index contributed by atoms with van der Waals surface area (Å²) in [5.41, 5.74) is 0.878. The lowest BCUT2D eigenvalue weighted by Gasteiger charge is -2.15. The maximum atomic E-state index is 13.7. The maximum Gasteiger partial charge on any atom is 0.150 e. The van der Waals surface area contributed by atoms with Crippen molar-refractivity contribution in [2.24, 2.45) is 0 Å². The molecule has 0 fully saturated rings. The molecule has 2 aromatic carbocycles. The number of anilines is 1. The summed E-state index contributed by atoms with van der Waals surface area (Å²) in [6.45, 7) is 2.38. The van der Waals surface area contributed by atoms with Crippen LogP contribution in [0.5, 0.6) is 0 Å². The molecule has 0 heterocycles. The monoisotopic (exact) mass is 272 g/mol. The first-order valence-corrected chi connectivity index (χ1v) is 6.29. The van der Waals surface area contributed by atoms with E-state index in [9.17, 15) is 8.78 Å². The minimum absolute atomic E-state index is 0.0262. The first-order valence-electron chi connectivity index (χ1n) is 6.29. The lowest BCUT2D eigenvalue weighted by atomic mass is 10.0. The Morgan fingerprint density at radius 1 is 1.15 bits per heavy atom. The molecule has 2 nitrogen and oxygen atoms in total. The van der Waals surface area contributed by atoms with Crippen LogP contribution in [0.25, 0.3) is 0 Å². The fraction of sp³-hybridized carbons (Fsp3) is 0.188. The molecule has 4 heteroatoms. The van der Waals surface area contributed by atoms with Gasteiger partial charge >= 0.3 is 0 Å². The van der Waals surface area contributed by atoms with Crippen molar-refractivity contribution in [3.63, 3.8) is 0 Å². The average Bonchev–Trinajstić information content (AvgIpc) is 2.46. The van der Waals surface area contributed by atoms with Crippen LogP contribution in [0, 0.1) is 23.0 Å². The van der Waals surface area contributed by atoms with Gasteiger partial charge in [-0.25, -0.2) is 8.78 Å². The largest absolute Gasteiger partial charge is 0.380 e. The van der Waals surface area contributed by atoms with Gasteiger partial charge in [-0.1, -0.05) is 37.3 Å². The Morgan fingerprint density at radius 2 is 1.75 bits per heavy atom. The van der Waals surface area contributed by atoms with Crippen LogP contribution < -0.4 is 5.32 Å². The van der Waals surface area contributed by atoms with Crippen molar-refractivity contribution in [1.82, 2.24) is 0 Å². The van der Waals surface area contributed by atoms with Crippen molar-refractivity contribution >= 4 is 5.69 Å². The van der Waals surface area contributed by atoms with E-state index in [0.717, 1.165) is 17.7 Å². The van der Waals surface area contributed by atoms with Gasteiger partial charge in [-0.2, -0.15) is 5.26 Å². The van der Waals surface area contributed by atoms with Crippen LogP contribution in [0.2, 0.25) is 0 Å². The molecule has 102 valence electrons. The number of halogens is 2. The second-order valence-electron chi connectivity index (χ2n) is 4.62. The van der Waals surface area contributed by atoms with Gasteiger partial charge in [0, 0.05) is 6.54 Å². The first kappa shape index (κ1) is 14.0. The van der Waals surface area contributed by atoms with Crippen LogP contribution >= 0.6 is 0 Å². The van der Waals surface area contributed by atoms with Crippen LogP contribution in [-0.4, -0.2) is 6.54 Å². The van der Waals surface area contributed by atoms with Gasteiger partial charge in [0.25, 0.3) is 0 Å². The number of benzene rings is 2. The Bertz CT molecular complexity index is 610. The Balaban J connectivity index is 2.10. The number of hydrogen-bond acceptors (Lipinski definition) is 2. The van der Waals surface area contributed by atoms with Crippen molar-refractivity contribution in [1.29, 1.82) is 5.26 Å². The van der Waals surface area contributed by atoms with Crippen molar-refractivity contribution in [2.45, 2.75) is 12.8 Å². The lowest BCUT2D eigenvalue weighted by Crippen LogP contribution is -2.12. The normalized spacial score (nSPS) is 11.7. The standard InChI is InChI=1S/C16H14F2N2/c1-11(13-5-3-2-4-6-13)10-20-16-14(17)7-12(9-19)8-15(16)18/h2-8,11,20H,10H2,1H3. The molecular formula is C16H14F2N2. The molecule has 0 spiro atoms. The van der Waals surface area contributed by atoms with E-state index in [2.05, 4.69) is 5.32 Å².